The van der Waals surface area contributed by atoms with Gasteiger partial charge in [0.05, 0.1) is 5.69 Å². The minimum atomic E-state index is 0.132. The van der Waals surface area contributed by atoms with Crippen molar-refractivity contribution in [2.24, 2.45) is 5.92 Å². The maximum Gasteiger partial charge on any atom is 0.267 e. The van der Waals surface area contributed by atoms with Crippen molar-refractivity contribution >= 4 is 17.4 Å². The number of aromatic nitrogens is 2. The van der Waals surface area contributed by atoms with Crippen LogP contribution >= 0.6 is 11.5 Å². The number of carbonyl (C=O) groups excluding carboxylic acids is 1. The van der Waals surface area contributed by atoms with Gasteiger partial charge in [0.25, 0.3) is 5.91 Å². The molecule has 0 spiro atoms. The molecule has 0 aliphatic carbocycles. The molecule has 4 heterocycles. The second kappa shape index (κ2) is 5.77. The Morgan fingerprint density at radius 2 is 2.20 bits per heavy atom. The highest BCUT2D eigenvalue weighted by molar-refractivity contribution is 7.07. The molecular weight excluding hydrogens is 272 g/mol. The van der Waals surface area contributed by atoms with E-state index in [1.807, 2.05) is 11.8 Å². The zero-order chi connectivity index (χ0) is 14.1. The third-order valence-corrected chi connectivity index (χ3v) is 5.29. The van der Waals surface area contributed by atoms with Crippen molar-refractivity contribution in [1.29, 1.82) is 0 Å². The molecule has 1 aromatic heterocycles. The molecule has 6 heteroatoms. The third-order valence-electron chi connectivity index (χ3n) is 4.47. The molecule has 110 valence electrons. The van der Waals surface area contributed by atoms with Crippen LogP contribution in [0.25, 0.3) is 0 Å². The highest BCUT2D eigenvalue weighted by Gasteiger charge is 2.36. The van der Waals surface area contributed by atoms with E-state index in [9.17, 15) is 4.79 Å². The highest BCUT2D eigenvalue weighted by Crippen LogP contribution is 2.29. The molecule has 5 nitrogen and oxygen atoms in total. The summed E-state index contributed by atoms with van der Waals surface area (Å²) in [6.07, 6.45) is 3.68. The number of hydrogen-bond donors (Lipinski definition) is 0. The van der Waals surface area contributed by atoms with Crippen LogP contribution < -0.4 is 0 Å². The predicted molar refractivity (Wildman–Crippen MR) is 78.9 cm³/mol. The van der Waals surface area contributed by atoms with Gasteiger partial charge in [0.2, 0.25) is 0 Å². The topological polar surface area (TPSA) is 49.3 Å². The van der Waals surface area contributed by atoms with Crippen LogP contribution in [0.5, 0.6) is 0 Å². The molecule has 0 aromatic carbocycles. The third kappa shape index (κ3) is 2.59. The van der Waals surface area contributed by atoms with Crippen molar-refractivity contribution in [3.8, 4) is 0 Å². The van der Waals surface area contributed by atoms with Gasteiger partial charge in [0.1, 0.15) is 4.88 Å². The van der Waals surface area contributed by atoms with E-state index in [0.29, 0.717) is 16.8 Å². The molecule has 1 aromatic rings. The molecule has 0 radical (unpaired) electrons. The van der Waals surface area contributed by atoms with E-state index in [-0.39, 0.29) is 5.91 Å². The fourth-order valence-electron chi connectivity index (χ4n) is 3.48. The zero-order valence-corrected chi connectivity index (χ0v) is 13.0. The Balaban J connectivity index is 1.76. The van der Waals surface area contributed by atoms with Crippen molar-refractivity contribution in [3.05, 3.63) is 10.6 Å². The summed E-state index contributed by atoms with van der Waals surface area (Å²) in [6, 6.07) is 0.541. The summed E-state index contributed by atoms with van der Waals surface area (Å²) in [7, 11) is 0. The Labute approximate surface area is 124 Å². The van der Waals surface area contributed by atoms with E-state index >= 15 is 0 Å². The minimum Gasteiger partial charge on any atom is -0.336 e. The lowest BCUT2D eigenvalue weighted by atomic mass is 9.95. The molecule has 2 bridgehead atoms. The van der Waals surface area contributed by atoms with Crippen LogP contribution in [-0.4, -0.2) is 57.5 Å². The molecule has 4 rings (SSSR count). The first-order valence-corrected chi connectivity index (χ1v) is 8.28. The molecule has 0 unspecified atom stereocenters. The first kappa shape index (κ1) is 13.9. The maximum absolute atomic E-state index is 12.7. The molecule has 0 saturated carbocycles. The molecule has 3 aliphatic heterocycles. The Hall–Kier alpha value is -1.01. The van der Waals surface area contributed by atoms with E-state index in [4.69, 9.17) is 0 Å². The van der Waals surface area contributed by atoms with Crippen LogP contribution in [0.15, 0.2) is 0 Å². The van der Waals surface area contributed by atoms with Gasteiger partial charge in [-0.15, -0.1) is 5.10 Å². The lowest BCUT2D eigenvalue weighted by molar-refractivity contribution is 0.0742. The van der Waals surface area contributed by atoms with Gasteiger partial charge < -0.3 is 4.90 Å². The van der Waals surface area contributed by atoms with E-state index in [1.165, 1.54) is 30.8 Å². The zero-order valence-electron chi connectivity index (χ0n) is 12.2. The lowest BCUT2D eigenvalue weighted by Crippen LogP contribution is -2.44. The van der Waals surface area contributed by atoms with E-state index < -0.39 is 0 Å². The van der Waals surface area contributed by atoms with Gasteiger partial charge in [-0.2, -0.15) is 0 Å². The van der Waals surface area contributed by atoms with Gasteiger partial charge in [-0.3, -0.25) is 9.69 Å². The Morgan fingerprint density at radius 3 is 2.90 bits per heavy atom. The number of nitrogens with zero attached hydrogens (tertiary/aromatic N) is 4. The van der Waals surface area contributed by atoms with Gasteiger partial charge in [-0.1, -0.05) is 11.4 Å². The highest BCUT2D eigenvalue weighted by atomic mass is 32.1. The lowest BCUT2D eigenvalue weighted by Gasteiger charge is -2.35. The molecule has 3 fully saturated rings. The molecule has 0 N–H and O–H groups in total. The number of hydrogen-bond acceptors (Lipinski definition) is 5. The minimum absolute atomic E-state index is 0.132. The smallest absolute Gasteiger partial charge is 0.267 e. The summed E-state index contributed by atoms with van der Waals surface area (Å²) >= 11 is 1.23. The second-order valence-corrected chi connectivity index (χ2v) is 6.74. The van der Waals surface area contributed by atoms with E-state index in [1.54, 1.807) is 0 Å². The summed E-state index contributed by atoms with van der Waals surface area (Å²) in [5.41, 5.74) is 0.766. The summed E-state index contributed by atoms with van der Waals surface area (Å²) in [5.74, 6) is 0.762. The first-order valence-electron chi connectivity index (χ1n) is 7.51. The van der Waals surface area contributed by atoms with Gasteiger partial charge in [0, 0.05) is 25.7 Å². The Morgan fingerprint density at radius 1 is 1.35 bits per heavy atom. The second-order valence-electron chi connectivity index (χ2n) is 5.99. The predicted octanol–water partition coefficient (Wildman–Crippen LogP) is 1.79. The first-order chi connectivity index (χ1) is 9.69. The summed E-state index contributed by atoms with van der Waals surface area (Å²) in [6.45, 7) is 8.17. The normalized spacial score (nSPS) is 26.8. The van der Waals surface area contributed by atoms with Gasteiger partial charge >= 0.3 is 0 Å². The van der Waals surface area contributed by atoms with Crippen LogP contribution in [0, 0.1) is 12.8 Å². The van der Waals surface area contributed by atoms with Crippen LogP contribution in [-0.2, 0) is 0 Å². The van der Waals surface area contributed by atoms with E-state index in [2.05, 4.69) is 21.4 Å². The Bertz CT molecular complexity index is 489. The quantitative estimate of drug-likeness (QED) is 0.853. The molecule has 1 amide bonds. The molecule has 3 saturated heterocycles. The largest absolute Gasteiger partial charge is 0.336 e. The molecule has 20 heavy (non-hydrogen) atoms. The van der Waals surface area contributed by atoms with E-state index in [0.717, 1.165) is 31.9 Å². The number of carbonyl (C=O) groups is 1. The van der Waals surface area contributed by atoms with Crippen molar-refractivity contribution in [2.75, 3.05) is 26.2 Å². The monoisotopic (exact) mass is 294 g/mol. The van der Waals surface area contributed by atoms with Crippen LogP contribution in [0.3, 0.4) is 0 Å². The number of aryl methyl sites for hydroxylation is 1. The maximum atomic E-state index is 12.7. The van der Waals surface area contributed by atoms with Crippen LogP contribution in [0.1, 0.15) is 41.6 Å². The average molecular weight is 294 g/mol. The summed E-state index contributed by atoms with van der Waals surface area (Å²) in [5, 5.41) is 3.96. The van der Waals surface area contributed by atoms with Crippen molar-refractivity contribution in [1.82, 2.24) is 19.4 Å². The SMILES string of the molecule is CCCN1C[C@@H]2CC[C@H]1CN(C(=O)c1snnc1C)C2. The number of fused-ring (bicyclic) bond motifs is 4. The number of amides is 1. The van der Waals surface area contributed by atoms with Gasteiger partial charge in [-0.05, 0) is 50.2 Å². The Kier molecular flexibility index (Phi) is 4.03. The number of rotatable bonds is 3. The summed E-state index contributed by atoms with van der Waals surface area (Å²) < 4.78 is 3.89. The van der Waals surface area contributed by atoms with Crippen molar-refractivity contribution in [2.45, 2.75) is 39.2 Å². The van der Waals surface area contributed by atoms with Crippen LogP contribution in [0.2, 0.25) is 0 Å². The standard InChI is InChI=1S/C14H22N4OS/c1-3-6-17-7-11-4-5-12(17)9-18(8-11)14(19)13-10(2)15-16-20-13/h11-12H,3-9H2,1-2H3/t11-,12-/m0/s1. The summed E-state index contributed by atoms with van der Waals surface area (Å²) in [4.78, 5) is 18.0. The molecule has 2 atom stereocenters. The van der Waals surface area contributed by atoms with Gasteiger partial charge in [0.15, 0.2) is 0 Å². The average Bonchev–Trinajstić information content (AvgIpc) is 2.68. The van der Waals surface area contributed by atoms with Crippen molar-refractivity contribution < 1.29 is 4.79 Å². The molecule has 3 aliphatic rings. The fraction of sp³-hybridized carbons (Fsp3) is 0.786. The number of piperidine rings is 1. The molecular formula is C14H22N4OS. The van der Waals surface area contributed by atoms with Crippen molar-refractivity contribution in [3.63, 3.8) is 0 Å². The van der Waals surface area contributed by atoms with Gasteiger partial charge in [-0.25, -0.2) is 0 Å². The fourth-order valence-corrected chi connectivity index (χ4v) is 4.10. The van der Waals surface area contributed by atoms with Crippen LogP contribution in [0.4, 0.5) is 0 Å².